The van der Waals surface area contributed by atoms with Crippen LogP contribution < -0.4 is 5.32 Å². The molecule has 1 fully saturated rings. The SMILES string of the molecule is CNC(CC1CCCCC1)c1ccc(Cl)cn1. The highest BCUT2D eigenvalue weighted by Gasteiger charge is 2.19. The normalized spacial score (nSPS) is 19.2. The fraction of sp³-hybridized carbons (Fsp3) is 0.643. The third-order valence-electron chi connectivity index (χ3n) is 3.75. The highest BCUT2D eigenvalue weighted by Crippen LogP contribution is 2.31. The summed E-state index contributed by atoms with van der Waals surface area (Å²) >= 11 is 5.87. The topological polar surface area (TPSA) is 24.9 Å². The number of hydrogen-bond donors (Lipinski definition) is 1. The van der Waals surface area contributed by atoms with E-state index in [0.29, 0.717) is 11.1 Å². The largest absolute Gasteiger partial charge is 0.312 e. The molecule has 0 amide bonds. The Morgan fingerprint density at radius 2 is 2.12 bits per heavy atom. The Bertz CT molecular complexity index is 331. The number of nitrogens with zero attached hydrogens (tertiary/aromatic N) is 1. The van der Waals surface area contributed by atoms with Crippen molar-refractivity contribution in [2.24, 2.45) is 5.92 Å². The first-order chi connectivity index (χ1) is 8.29. The Hall–Kier alpha value is -0.600. The van der Waals surface area contributed by atoms with Crippen molar-refractivity contribution in [3.8, 4) is 0 Å². The number of hydrogen-bond acceptors (Lipinski definition) is 2. The van der Waals surface area contributed by atoms with E-state index in [4.69, 9.17) is 11.6 Å². The Labute approximate surface area is 109 Å². The zero-order chi connectivity index (χ0) is 12.1. The average Bonchev–Trinajstić information content (AvgIpc) is 2.38. The van der Waals surface area contributed by atoms with Crippen molar-refractivity contribution in [3.63, 3.8) is 0 Å². The summed E-state index contributed by atoms with van der Waals surface area (Å²) in [7, 11) is 2.02. The van der Waals surface area contributed by atoms with Crippen LogP contribution in [0.3, 0.4) is 0 Å². The Kier molecular flexibility index (Phi) is 4.81. The number of halogens is 1. The van der Waals surface area contributed by atoms with E-state index in [2.05, 4.69) is 10.3 Å². The smallest absolute Gasteiger partial charge is 0.0589 e. The van der Waals surface area contributed by atoms with E-state index in [9.17, 15) is 0 Å². The fourth-order valence-electron chi connectivity index (χ4n) is 2.74. The molecule has 1 heterocycles. The van der Waals surface area contributed by atoms with Gasteiger partial charge in [0.05, 0.1) is 10.7 Å². The molecular weight excluding hydrogens is 232 g/mol. The van der Waals surface area contributed by atoms with Crippen LogP contribution in [0.15, 0.2) is 18.3 Å². The molecule has 0 aromatic carbocycles. The molecule has 0 spiro atoms. The van der Waals surface area contributed by atoms with Crippen molar-refractivity contribution >= 4 is 11.6 Å². The van der Waals surface area contributed by atoms with Gasteiger partial charge in [0.2, 0.25) is 0 Å². The van der Waals surface area contributed by atoms with E-state index in [0.717, 1.165) is 11.6 Å². The van der Waals surface area contributed by atoms with E-state index in [1.165, 1.54) is 38.5 Å². The summed E-state index contributed by atoms with van der Waals surface area (Å²) in [4.78, 5) is 4.42. The van der Waals surface area contributed by atoms with Crippen molar-refractivity contribution in [2.45, 2.75) is 44.6 Å². The molecule has 3 heteroatoms. The summed E-state index contributed by atoms with van der Waals surface area (Å²) in [6.07, 6.45) is 9.91. The van der Waals surface area contributed by atoms with Crippen LogP contribution in [0.25, 0.3) is 0 Å². The van der Waals surface area contributed by atoms with Crippen molar-refractivity contribution in [1.29, 1.82) is 0 Å². The molecule has 2 rings (SSSR count). The van der Waals surface area contributed by atoms with Gasteiger partial charge in [0, 0.05) is 12.2 Å². The molecule has 1 aromatic rings. The van der Waals surface area contributed by atoms with Gasteiger partial charge in [-0.15, -0.1) is 0 Å². The van der Waals surface area contributed by atoms with Gasteiger partial charge < -0.3 is 5.32 Å². The quantitative estimate of drug-likeness (QED) is 0.877. The van der Waals surface area contributed by atoms with Crippen LogP contribution in [-0.2, 0) is 0 Å². The molecule has 0 saturated heterocycles. The lowest BCUT2D eigenvalue weighted by molar-refractivity contribution is 0.303. The molecule has 1 aliphatic carbocycles. The molecule has 1 unspecified atom stereocenters. The van der Waals surface area contributed by atoms with Gasteiger partial charge in [-0.2, -0.15) is 0 Å². The number of aromatic nitrogens is 1. The van der Waals surface area contributed by atoms with Crippen molar-refractivity contribution in [2.75, 3.05) is 7.05 Å². The highest BCUT2D eigenvalue weighted by molar-refractivity contribution is 6.30. The third kappa shape index (κ3) is 3.68. The van der Waals surface area contributed by atoms with Crippen LogP contribution in [0.1, 0.15) is 50.3 Å². The second-order valence-corrected chi connectivity index (χ2v) is 5.42. The summed E-state index contributed by atoms with van der Waals surface area (Å²) in [6.45, 7) is 0. The average molecular weight is 253 g/mol. The molecule has 1 aliphatic rings. The van der Waals surface area contributed by atoms with Gasteiger partial charge in [-0.3, -0.25) is 4.98 Å². The second-order valence-electron chi connectivity index (χ2n) is 4.98. The van der Waals surface area contributed by atoms with E-state index in [-0.39, 0.29) is 0 Å². The second kappa shape index (κ2) is 6.36. The molecule has 2 nitrogen and oxygen atoms in total. The monoisotopic (exact) mass is 252 g/mol. The molecule has 0 bridgehead atoms. The first kappa shape index (κ1) is 12.8. The zero-order valence-electron chi connectivity index (χ0n) is 10.5. The molecule has 94 valence electrons. The third-order valence-corrected chi connectivity index (χ3v) is 3.97. The van der Waals surface area contributed by atoms with Crippen LogP contribution in [0, 0.1) is 5.92 Å². The summed E-state index contributed by atoms with van der Waals surface area (Å²) in [5.41, 5.74) is 1.11. The first-order valence-electron chi connectivity index (χ1n) is 6.58. The lowest BCUT2D eigenvalue weighted by Gasteiger charge is -2.26. The maximum atomic E-state index is 5.87. The van der Waals surface area contributed by atoms with Crippen LogP contribution >= 0.6 is 11.6 Å². The van der Waals surface area contributed by atoms with Gasteiger partial charge in [-0.1, -0.05) is 43.7 Å². The summed E-state index contributed by atoms with van der Waals surface area (Å²) < 4.78 is 0. The molecule has 1 aromatic heterocycles. The van der Waals surface area contributed by atoms with E-state index in [1.54, 1.807) is 6.20 Å². The predicted octanol–water partition coefficient (Wildman–Crippen LogP) is 3.97. The minimum atomic E-state index is 0.371. The molecule has 0 aliphatic heterocycles. The van der Waals surface area contributed by atoms with Gasteiger partial charge in [-0.25, -0.2) is 0 Å². The number of pyridine rings is 1. The van der Waals surface area contributed by atoms with Crippen LogP contribution in [0.5, 0.6) is 0 Å². The Morgan fingerprint density at radius 1 is 1.35 bits per heavy atom. The summed E-state index contributed by atoms with van der Waals surface area (Å²) in [6, 6.07) is 4.33. The Morgan fingerprint density at radius 3 is 2.71 bits per heavy atom. The minimum Gasteiger partial charge on any atom is -0.312 e. The van der Waals surface area contributed by atoms with E-state index < -0.39 is 0 Å². The van der Waals surface area contributed by atoms with Crippen molar-refractivity contribution < 1.29 is 0 Å². The lowest BCUT2D eigenvalue weighted by atomic mass is 9.84. The molecule has 0 radical (unpaired) electrons. The van der Waals surface area contributed by atoms with Gasteiger partial charge in [0.15, 0.2) is 0 Å². The number of rotatable bonds is 4. The summed E-state index contributed by atoms with van der Waals surface area (Å²) in [5.74, 6) is 0.860. The molecular formula is C14H21ClN2. The lowest BCUT2D eigenvalue weighted by Crippen LogP contribution is -2.22. The minimum absolute atomic E-state index is 0.371. The summed E-state index contributed by atoms with van der Waals surface area (Å²) in [5, 5.41) is 4.09. The zero-order valence-corrected chi connectivity index (χ0v) is 11.2. The van der Waals surface area contributed by atoms with E-state index >= 15 is 0 Å². The van der Waals surface area contributed by atoms with Gasteiger partial charge in [0.25, 0.3) is 0 Å². The van der Waals surface area contributed by atoms with Crippen molar-refractivity contribution in [1.82, 2.24) is 10.3 Å². The fourth-order valence-corrected chi connectivity index (χ4v) is 2.85. The van der Waals surface area contributed by atoms with E-state index in [1.807, 2.05) is 19.2 Å². The first-order valence-corrected chi connectivity index (χ1v) is 6.96. The maximum absolute atomic E-state index is 5.87. The maximum Gasteiger partial charge on any atom is 0.0589 e. The molecule has 17 heavy (non-hydrogen) atoms. The Balaban J connectivity index is 1.97. The predicted molar refractivity (Wildman–Crippen MR) is 72.2 cm³/mol. The molecule has 1 saturated carbocycles. The van der Waals surface area contributed by atoms with Crippen LogP contribution in [0.2, 0.25) is 5.02 Å². The van der Waals surface area contributed by atoms with Gasteiger partial charge in [0.1, 0.15) is 0 Å². The molecule has 1 N–H and O–H groups in total. The van der Waals surface area contributed by atoms with Crippen LogP contribution in [0.4, 0.5) is 0 Å². The van der Waals surface area contributed by atoms with Gasteiger partial charge in [-0.05, 0) is 31.5 Å². The number of nitrogens with one attached hydrogen (secondary N) is 1. The standard InChI is InChI=1S/C14H21ClN2/c1-16-14(9-11-5-3-2-4-6-11)13-8-7-12(15)10-17-13/h7-8,10-11,14,16H,2-6,9H2,1H3. The molecule has 1 atom stereocenters. The van der Waals surface area contributed by atoms with Crippen molar-refractivity contribution in [3.05, 3.63) is 29.0 Å². The van der Waals surface area contributed by atoms with Gasteiger partial charge >= 0.3 is 0 Å². The highest BCUT2D eigenvalue weighted by atomic mass is 35.5. The van der Waals surface area contributed by atoms with Crippen LogP contribution in [-0.4, -0.2) is 12.0 Å².